The van der Waals surface area contributed by atoms with E-state index in [1.54, 1.807) is 6.07 Å². The third-order valence-corrected chi connectivity index (χ3v) is 4.02. The smallest absolute Gasteiger partial charge is 0.387 e. The molecule has 1 fully saturated rings. The van der Waals surface area contributed by atoms with Crippen molar-refractivity contribution in [1.82, 2.24) is 5.32 Å². The molecule has 0 unspecified atom stereocenters. The SMILES string of the molecule is COc1ccc(/C=C(\C#N)C(=O)NC2CCCCC2)cc1OC(F)F. The number of carbonyl (C=O) groups excluding carboxylic acids is 1. The summed E-state index contributed by atoms with van der Waals surface area (Å²) in [6.45, 7) is -3.00. The molecule has 0 atom stereocenters. The predicted molar refractivity (Wildman–Crippen MR) is 88.2 cm³/mol. The molecule has 1 aromatic rings. The Labute approximate surface area is 145 Å². The topological polar surface area (TPSA) is 71.3 Å². The van der Waals surface area contributed by atoms with Crippen molar-refractivity contribution >= 4 is 12.0 Å². The summed E-state index contributed by atoms with van der Waals surface area (Å²) in [5.74, 6) is -0.472. The second-order valence-electron chi connectivity index (χ2n) is 5.77. The summed E-state index contributed by atoms with van der Waals surface area (Å²) >= 11 is 0. The molecule has 1 amide bonds. The molecule has 0 saturated heterocycles. The van der Waals surface area contributed by atoms with E-state index in [0.717, 1.165) is 32.1 Å². The van der Waals surface area contributed by atoms with Crippen LogP contribution in [0, 0.1) is 11.3 Å². The molecule has 1 aliphatic carbocycles. The van der Waals surface area contributed by atoms with Crippen molar-refractivity contribution in [1.29, 1.82) is 5.26 Å². The Morgan fingerprint density at radius 3 is 2.64 bits per heavy atom. The van der Waals surface area contributed by atoms with Crippen LogP contribution in [0.5, 0.6) is 11.5 Å². The highest BCUT2D eigenvalue weighted by molar-refractivity contribution is 6.01. The molecule has 134 valence electrons. The van der Waals surface area contributed by atoms with Gasteiger partial charge < -0.3 is 14.8 Å². The number of nitrogens with zero attached hydrogens (tertiary/aromatic N) is 1. The lowest BCUT2D eigenvalue weighted by molar-refractivity contribution is -0.117. The zero-order chi connectivity index (χ0) is 18.2. The second kappa shape index (κ2) is 9.02. The van der Waals surface area contributed by atoms with Crippen LogP contribution >= 0.6 is 0 Å². The fraction of sp³-hybridized carbons (Fsp3) is 0.444. The first-order chi connectivity index (χ1) is 12.0. The Kier molecular flexibility index (Phi) is 6.75. The molecule has 1 aromatic carbocycles. The summed E-state index contributed by atoms with van der Waals surface area (Å²) in [5.41, 5.74) is 0.311. The minimum atomic E-state index is -3.00. The summed E-state index contributed by atoms with van der Waals surface area (Å²) in [5, 5.41) is 12.1. The number of rotatable bonds is 6. The Bertz CT molecular complexity index is 677. The van der Waals surface area contributed by atoms with Crippen molar-refractivity contribution in [3.63, 3.8) is 0 Å². The molecule has 0 aromatic heterocycles. The van der Waals surface area contributed by atoms with E-state index >= 15 is 0 Å². The van der Waals surface area contributed by atoms with Crippen LogP contribution in [0.4, 0.5) is 8.78 Å². The van der Waals surface area contributed by atoms with Crippen LogP contribution in [-0.2, 0) is 4.79 Å². The van der Waals surface area contributed by atoms with Gasteiger partial charge in [0.05, 0.1) is 7.11 Å². The first-order valence-electron chi connectivity index (χ1n) is 8.09. The zero-order valence-electron chi connectivity index (χ0n) is 13.9. The van der Waals surface area contributed by atoms with Gasteiger partial charge in [-0.2, -0.15) is 14.0 Å². The molecule has 25 heavy (non-hydrogen) atoms. The normalized spacial score (nSPS) is 15.6. The molecule has 0 aliphatic heterocycles. The number of carbonyl (C=O) groups is 1. The fourth-order valence-corrected chi connectivity index (χ4v) is 2.80. The van der Waals surface area contributed by atoms with E-state index in [0.29, 0.717) is 5.56 Å². The highest BCUT2D eigenvalue weighted by atomic mass is 19.3. The van der Waals surface area contributed by atoms with Crippen LogP contribution in [0.25, 0.3) is 6.08 Å². The van der Waals surface area contributed by atoms with Crippen molar-refractivity contribution in [3.8, 4) is 17.6 Å². The minimum absolute atomic E-state index is 0.0756. The Morgan fingerprint density at radius 2 is 2.04 bits per heavy atom. The van der Waals surface area contributed by atoms with Gasteiger partial charge in [-0.05, 0) is 36.6 Å². The number of benzene rings is 1. The molecule has 1 N–H and O–H groups in total. The first-order valence-corrected chi connectivity index (χ1v) is 8.09. The van der Waals surface area contributed by atoms with Crippen molar-refractivity contribution in [2.24, 2.45) is 0 Å². The third kappa shape index (κ3) is 5.45. The molecule has 0 radical (unpaired) electrons. The maximum atomic E-state index is 12.5. The van der Waals surface area contributed by atoms with Crippen LogP contribution in [0.3, 0.4) is 0 Å². The van der Waals surface area contributed by atoms with E-state index in [1.165, 1.54) is 25.3 Å². The van der Waals surface area contributed by atoms with Crippen molar-refractivity contribution in [2.75, 3.05) is 7.11 Å². The number of amides is 1. The first kappa shape index (κ1) is 18.7. The van der Waals surface area contributed by atoms with Crippen LogP contribution in [0.15, 0.2) is 23.8 Å². The zero-order valence-corrected chi connectivity index (χ0v) is 13.9. The number of hydrogen-bond donors (Lipinski definition) is 1. The van der Waals surface area contributed by atoms with Crippen LogP contribution in [0.1, 0.15) is 37.7 Å². The summed E-state index contributed by atoms with van der Waals surface area (Å²) in [6.07, 6.45) is 6.42. The lowest BCUT2D eigenvalue weighted by Gasteiger charge is -2.22. The maximum Gasteiger partial charge on any atom is 0.387 e. The second-order valence-corrected chi connectivity index (χ2v) is 5.77. The summed E-state index contributed by atoms with van der Waals surface area (Å²) < 4.78 is 34.3. The van der Waals surface area contributed by atoms with Crippen LogP contribution in [-0.4, -0.2) is 25.7 Å². The molecule has 2 rings (SSSR count). The van der Waals surface area contributed by atoms with Crippen LogP contribution in [0.2, 0.25) is 0 Å². The largest absolute Gasteiger partial charge is 0.493 e. The highest BCUT2D eigenvalue weighted by Gasteiger charge is 2.18. The minimum Gasteiger partial charge on any atom is -0.493 e. The van der Waals surface area contributed by atoms with Gasteiger partial charge in [0.2, 0.25) is 0 Å². The Hall–Kier alpha value is -2.62. The summed E-state index contributed by atoms with van der Waals surface area (Å²) in [7, 11) is 1.33. The van der Waals surface area contributed by atoms with Crippen molar-refractivity contribution < 1.29 is 23.0 Å². The molecule has 0 spiro atoms. The average Bonchev–Trinajstić information content (AvgIpc) is 2.60. The molecule has 1 aliphatic rings. The third-order valence-electron chi connectivity index (χ3n) is 4.02. The van der Waals surface area contributed by atoms with E-state index in [4.69, 9.17) is 4.74 Å². The summed E-state index contributed by atoms with van der Waals surface area (Å²) in [4.78, 5) is 12.3. The van der Waals surface area contributed by atoms with E-state index in [1.807, 2.05) is 6.07 Å². The summed E-state index contributed by atoms with van der Waals surface area (Å²) in [6, 6.07) is 6.23. The van der Waals surface area contributed by atoms with Gasteiger partial charge in [0.1, 0.15) is 11.6 Å². The number of ether oxygens (including phenoxy) is 2. The van der Waals surface area contributed by atoms with Crippen molar-refractivity contribution in [3.05, 3.63) is 29.3 Å². The average molecular weight is 350 g/mol. The lowest BCUT2D eigenvalue weighted by atomic mass is 9.95. The standard InChI is InChI=1S/C18H20F2N2O3/c1-24-15-8-7-12(10-16(15)25-18(19)20)9-13(11-21)17(23)22-14-5-3-2-4-6-14/h7-10,14,18H,2-6H2,1H3,(H,22,23)/b13-9+. The van der Waals surface area contributed by atoms with Crippen LogP contribution < -0.4 is 14.8 Å². The van der Waals surface area contributed by atoms with Gasteiger partial charge in [0.25, 0.3) is 5.91 Å². The number of halogens is 2. The molecule has 7 heteroatoms. The lowest BCUT2D eigenvalue weighted by Crippen LogP contribution is -2.36. The van der Waals surface area contributed by atoms with Gasteiger partial charge in [0, 0.05) is 6.04 Å². The van der Waals surface area contributed by atoms with Crippen molar-refractivity contribution in [2.45, 2.75) is 44.8 Å². The van der Waals surface area contributed by atoms with Gasteiger partial charge in [-0.1, -0.05) is 25.3 Å². The van der Waals surface area contributed by atoms with Gasteiger partial charge in [-0.15, -0.1) is 0 Å². The van der Waals surface area contributed by atoms with E-state index in [2.05, 4.69) is 10.1 Å². The van der Waals surface area contributed by atoms with Gasteiger partial charge in [-0.3, -0.25) is 4.79 Å². The quantitative estimate of drug-likeness (QED) is 0.628. The van der Waals surface area contributed by atoms with Gasteiger partial charge in [0.15, 0.2) is 11.5 Å². The predicted octanol–water partition coefficient (Wildman–Crippen LogP) is 3.65. The fourth-order valence-electron chi connectivity index (χ4n) is 2.80. The van der Waals surface area contributed by atoms with Gasteiger partial charge in [-0.25, -0.2) is 0 Å². The Balaban J connectivity index is 2.17. The highest BCUT2D eigenvalue weighted by Crippen LogP contribution is 2.30. The molecule has 1 saturated carbocycles. The molecule has 0 heterocycles. The van der Waals surface area contributed by atoms with E-state index in [-0.39, 0.29) is 23.1 Å². The van der Waals surface area contributed by atoms with E-state index < -0.39 is 12.5 Å². The number of hydrogen-bond acceptors (Lipinski definition) is 4. The van der Waals surface area contributed by atoms with E-state index in [9.17, 15) is 18.8 Å². The Morgan fingerprint density at radius 1 is 1.32 bits per heavy atom. The number of alkyl halides is 2. The molecular formula is C18H20F2N2O3. The maximum absolute atomic E-state index is 12.5. The van der Waals surface area contributed by atoms with Gasteiger partial charge >= 0.3 is 6.61 Å². The number of nitrogens with one attached hydrogen (secondary N) is 1. The monoisotopic (exact) mass is 350 g/mol. The molecule has 5 nitrogen and oxygen atoms in total. The number of nitriles is 1. The number of methoxy groups -OCH3 is 1. The molecular weight excluding hydrogens is 330 g/mol. The molecule has 0 bridgehead atoms.